The molecule has 1 rings (SSSR count). The monoisotopic (exact) mass is 286 g/mol. The van der Waals surface area contributed by atoms with Crippen LogP contribution in [0.4, 0.5) is 0 Å². The maximum atomic E-state index is 10.8. The van der Waals surface area contributed by atoms with Crippen LogP contribution in [0.15, 0.2) is 28.7 Å². The van der Waals surface area contributed by atoms with Gasteiger partial charge in [0.25, 0.3) is 0 Å². The van der Waals surface area contributed by atoms with Gasteiger partial charge in [-0.05, 0) is 23.6 Å². The molecule has 0 amide bonds. The fourth-order valence-electron chi connectivity index (χ4n) is 1.61. The van der Waals surface area contributed by atoms with Crippen molar-refractivity contribution in [2.75, 3.05) is 0 Å². The lowest BCUT2D eigenvalue weighted by atomic mass is 9.81. The van der Waals surface area contributed by atoms with E-state index in [0.717, 1.165) is 4.47 Å². The normalized spacial score (nSPS) is 14.8. The molecule has 16 heavy (non-hydrogen) atoms. The summed E-state index contributed by atoms with van der Waals surface area (Å²) in [5.41, 5.74) is -0.680. The smallest absolute Gasteiger partial charge is 0.306 e. The standard InChI is InChI=1S/C12H15BrO3/c1-8(2)12(16,7-11(14)15)9-3-5-10(13)6-4-9/h3-6,8,16H,7H2,1-2H3,(H,14,15). The molecule has 0 saturated heterocycles. The number of hydrogen-bond acceptors (Lipinski definition) is 2. The molecule has 3 nitrogen and oxygen atoms in total. The summed E-state index contributed by atoms with van der Waals surface area (Å²) in [6, 6.07) is 7.08. The molecule has 4 heteroatoms. The molecule has 0 bridgehead atoms. The van der Waals surface area contributed by atoms with Crippen molar-refractivity contribution in [3.63, 3.8) is 0 Å². The molecule has 1 aromatic carbocycles. The zero-order chi connectivity index (χ0) is 12.3. The second kappa shape index (κ2) is 4.97. The van der Waals surface area contributed by atoms with E-state index in [1.807, 2.05) is 13.8 Å². The van der Waals surface area contributed by atoms with Gasteiger partial charge in [0.15, 0.2) is 0 Å². The maximum absolute atomic E-state index is 10.8. The zero-order valence-corrected chi connectivity index (χ0v) is 10.9. The molecule has 1 aromatic rings. The first kappa shape index (κ1) is 13.2. The average molecular weight is 287 g/mol. The Labute approximate surface area is 103 Å². The van der Waals surface area contributed by atoms with Gasteiger partial charge in [-0.25, -0.2) is 0 Å². The van der Waals surface area contributed by atoms with Gasteiger partial charge in [0, 0.05) is 4.47 Å². The third-order valence-electron chi connectivity index (χ3n) is 2.72. The van der Waals surface area contributed by atoms with Crippen LogP contribution in [0.1, 0.15) is 25.8 Å². The van der Waals surface area contributed by atoms with E-state index in [0.29, 0.717) is 5.56 Å². The number of carboxylic acid groups (broad SMARTS) is 1. The van der Waals surface area contributed by atoms with Crippen LogP contribution in [0, 0.1) is 5.92 Å². The molecule has 0 aliphatic heterocycles. The molecule has 1 atom stereocenters. The van der Waals surface area contributed by atoms with E-state index in [2.05, 4.69) is 15.9 Å². The Morgan fingerprint density at radius 3 is 2.25 bits per heavy atom. The van der Waals surface area contributed by atoms with Crippen LogP contribution in [0.3, 0.4) is 0 Å². The molecular formula is C12H15BrO3. The summed E-state index contributed by atoms with van der Waals surface area (Å²) in [6.07, 6.45) is -0.285. The van der Waals surface area contributed by atoms with E-state index >= 15 is 0 Å². The maximum Gasteiger partial charge on any atom is 0.306 e. The number of halogens is 1. The molecular weight excluding hydrogens is 272 g/mol. The number of aliphatic carboxylic acids is 1. The summed E-state index contributed by atoms with van der Waals surface area (Å²) in [4.78, 5) is 10.8. The molecule has 0 fully saturated rings. The Kier molecular flexibility index (Phi) is 4.10. The summed E-state index contributed by atoms with van der Waals surface area (Å²) in [5, 5.41) is 19.3. The van der Waals surface area contributed by atoms with Gasteiger partial charge in [-0.3, -0.25) is 4.79 Å². The van der Waals surface area contributed by atoms with E-state index < -0.39 is 11.6 Å². The van der Waals surface area contributed by atoms with E-state index in [4.69, 9.17) is 5.11 Å². The van der Waals surface area contributed by atoms with E-state index in [1.54, 1.807) is 24.3 Å². The van der Waals surface area contributed by atoms with E-state index in [9.17, 15) is 9.90 Å². The second-order valence-electron chi connectivity index (χ2n) is 4.16. The number of rotatable bonds is 4. The Balaban J connectivity index is 3.10. The lowest BCUT2D eigenvalue weighted by Gasteiger charge is -2.31. The second-order valence-corrected chi connectivity index (χ2v) is 5.07. The fraction of sp³-hybridized carbons (Fsp3) is 0.417. The highest BCUT2D eigenvalue weighted by molar-refractivity contribution is 9.10. The van der Waals surface area contributed by atoms with E-state index in [-0.39, 0.29) is 12.3 Å². The van der Waals surface area contributed by atoms with Crippen molar-refractivity contribution in [1.29, 1.82) is 0 Å². The number of hydrogen-bond donors (Lipinski definition) is 2. The van der Waals surface area contributed by atoms with Crippen molar-refractivity contribution in [2.45, 2.75) is 25.9 Å². The van der Waals surface area contributed by atoms with Gasteiger partial charge in [-0.15, -0.1) is 0 Å². The zero-order valence-electron chi connectivity index (χ0n) is 9.27. The first-order valence-corrected chi connectivity index (χ1v) is 5.86. The molecule has 2 N–H and O–H groups in total. The highest BCUT2D eigenvalue weighted by Crippen LogP contribution is 2.33. The summed E-state index contributed by atoms with van der Waals surface area (Å²) in [6.45, 7) is 3.62. The van der Waals surface area contributed by atoms with Crippen LogP contribution >= 0.6 is 15.9 Å². The van der Waals surface area contributed by atoms with Gasteiger partial charge >= 0.3 is 5.97 Å². The molecule has 0 heterocycles. The average Bonchev–Trinajstić information content (AvgIpc) is 2.17. The summed E-state index contributed by atoms with van der Waals surface area (Å²) in [7, 11) is 0. The first-order chi connectivity index (χ1) is 7.36. The van der Waals surface area contributed by atoms with Gasteiger partial charge in [0.1, 0.15) is 5.60 Å². The third kappa shape index (κ3) is 2.83. The van der Waals surface area contributed by atoms with Crippen LogP contribution in [0.5, 0.6) is 0 Å². The predicted octanol–water partition coefficient (Wildman–Crippen LogP) is 2.77. The molecule has 0 aliphatic carbocycles. The lowest BCUT2D eigenvalue weighted by Crippen LogP contribution is -2.34. The number of benzene rings is 1. The molecule has 0 radical (unpaired) electrons. The van der Waals surface area contributed by atoms with Gasteiger partial charge in [0.05, 0.1) is 6.42 Å². The fourth-order valence-corrected chi connectivity index (χ4v) is 1.87. The van der Waals surface area contributed by atoms with Crippen LogP contribution in [0.2, 0.25) is 0 Å². The Morgan fingerprint density at radius 1 is 1.38 bits per heavy atom. The molecule has 88 valence electrons. The first-order valence-electron chi connectivity index (χ1n) is 5.06. The molecule has 0 aromatic heterocycles. The molecule has 0 aliphatic rings. The minimum absolute atomic E-state index is 0.162. The SMILES string of the molecule is CC(C)C(O)(CC(=O)O)c1ccc(Br)cc1. The van der Waals surface area contributed by atoms with Crippen LogP contribution in [0.25, 0.3) is 0 Å². The van der Waals surface area contributed by atoms with Crippen molar-refractivity contribution in [1.82, 2.24) is 0 Å². The van der Waals surface area contributed by atoms with Crippen molar-refractivity contribution in [2.24, 2.45) is 5.92 Å². The van der Waals surface area contributed by atoms with Crippen LogP contribution in [-0.2, 0) is 10.4 Å². The Morgan fingerprint density at radius 2 is 1.88 bits per heavy atom. The number of carbonyl (C=O) groups is 1. The van der Waals surface area contributed by atoms with Crippen molar-refractivity contribution in [3.8, 4) is 0 Å². The number of aliphatic hydroxyl groups is 1. The molecule has 0 spiro atoms. The highest BCUT2D eigenvalue weighted by atomic mass is 79.9. The topological polar surface area (TPSA) is 57.5 Å². The van der Waals surface area contributed by atoms with Gasteiger partial charge in [0.2, 0.25) is 0 Å². The van der Waals surface area contributed by atoms with Crippen molar-refractivity contribution >= 4 is 21.9 Å². The largest absolute Gasteiger partial charge is 0.481 e. The Bertz CT molecular complexity index is 372. The lowest BCUT2D eigenvalue weighted by molar-refractivity contribution is -0.145. The van der Waals surface area contributed by atoms with Crippen LogP contribution in [-0.4, -0.2) is 16.2 Å². The predicted molar refractivity (Wildman–Crippen MR) is 65.1 cm³/mol. The number of carboxylic acids is 1. The molecule has 0 saturated carbocycles. The third-order valence-corrected chi connectivity index (χ3v) is 3.25. The summed E-state index contributed by atoms with van der Waals surface area (Å²) in [5.74, 6) is -1.16. The van der Waals surface area contributed by atoms with Gasteiger partial charge < -0.3 is 10.2 Å². The quantitative estimate of drug-likeness (QED) is 0.895. The van der Waals surface area contributed by atoms with E-state index in [1.165, 1.54) is 0 Å². The summed E-state index contributed by atoms with van der Waals surface area (Å²) < 4.78 is 0.901. The highest BCUT2D eigenvalue weighted by Gasteiger charge is 2.35. The van der Waals surface area contributed by atoms with Gasteiger partial charge in [-0.2, -0.15) is 0 Å². The summed E-state index contributed by atoms with van der Waals surface area (Å²) >= 11 is 3.30. The minimum atomic E-state index is -1.31. The van der Waals surface area contributed by atoms with Crippen LogP contribution < -0.4 is 0 Å². The van der Waals surface area contributed by atoms with Crippen molar-refractivity contribution in [3.05, 3.63) is 34.3 Å². The van der Waals surface area contributed by atoms with Crippen molar-refractivity contribution < 1.29 is 15.0 Å². The Hall–Kier alpha value is -0.870. The molecule has 1 unspecified atom stereocenters. The van der Waals surface area contributed by atoms with Gasteiger partial charge in [-0.1, -0.05) is 41.9 Å². The minimum Gasteiger partial charge on any atom is -0.481 e.